The van der Waals surface area contributed by atoms with Gasteiger partial charge in [0.15, 0.2) is 0 Å². The molecule has 0 N–H and O–H groups in total. The Morgan fingerprint density at radius 3 is 1.11 bits per heavy atom. The van der Waals surface area contributed by atoms with Crippen molar-refractivity contribution in [1.29, 1.82) is 0 Å². The van der Waals surface area contributed by atoms with Gasteiger partial charge in [0.25, 0.3) is 0 Å². The van der Waals surface area contributed by atoms with Gasteiger partial charge in [-0.3, -0.25) is 0 Å². The molecule has 0 aromatic carbocycles. The molecular formula is C6H15F2Sb. The number of hydrogen-bond acceptors (Lipinski definition) is 0. The fourth-order valence-corrected chi connectivity index (χ4v) is 0. The SMILES string of the molecule is C[C](C)(C)[Sb]([CH3])([CH3])([F])[F]. The predicted molar refractivity (Wildman–Crippen MR) is 39.4 cm³/mol. The predicted octanol–water partition coefficient (Wildman–Crippen LogP) is 3.38. The molecule has 3 heteroatoms. The first-order chi connectivity index (χ1) is 3.51. The second kappa shape index (κ2) is 1.84. The first-order valence-corrected chi connectivity index (χ1v) is 11.3. The fourth-order valence-electron chi connectivity index (χ4n) is 0. The molecule has 0 spiro atoms. The zero-order chi connectivity index (χ0) is 7.95. The fraction of sp³-hybridized carbons (Fsp3) is 1.00. The Balaban J connectivity index is 4.56. The normalized spacial score (nSPS) is 18.8. The van der Waals surface area contributed by atoms with Crippen LogP contribution in [0.1, 0.15) is 20.8 Å². The van der Waals surface area contributed by atoms with Crippen LogP contribution in [0.5, 0.6) is 0 Å². The molecule has 0 amide bonds. The molecule has 0 aliphatic heterocycles. The topological polar surface area (TPSA) is 0 Å². The molecule has 0 fully saturated rings. The third kappa shape index (κ3) is 2.41. The Hall–Kier alpha value is 0.678. The van der Waals surface area contributed by atoms with E-state index in [9.17, 15) is 5.63 Å². The van der Waals surface area contributed by atoms with Crippen LogP contribution in [0.3, 0.4) is 0 Å². The number of hydrogen-bond donors (Lipinski definition) is 0. The van der Waals surface area contributed by atoms with Crippen molar-refractivity contribution >= 4 is 18.6 Å². The molecule has 0 aliphatic rings. The van der Waals surface area contributed by atoms with Gasteiger partial charge in [0, 0.05) is 0 Å². The maximum absolute atomic E-state index is 13.1. The molecule has 0 radical (unpaired) electrons. The van der Waals surface area contributed by atoms with Crippen molar-refractivity contribution in [1.82, 2.24) is 0 Å². The standard InChI is InChI=1S/C4H9.2CH3.2FH.Sb/c1-4(2)3;;;;;/h1-3H3;2*1H3;2*1H;/q;;;;;+2/p-2. The van der Waals surface area contributed by atoms with Crippen LogP contribution in [0.15, 0.2) is 0 Å². The monoisotopic (exact) mass is 246 g/mol. The third-order valence-corrected chi connectivity index (χ3v) is 12.4. The van der Waals surface area contributed by atoms with Crippen molar-refractivity contribution < 1.29 is 5.63 Å². The molecule has 0 bridgehead atoms. The van der Waals surface area contributed by atoms with Gasteiger partial charge in [-0.25, -0.2) is 0 Å². The van der Waals surface area contributed by atoms with Gasteiger partial charge in [0.1, 0.15) is 0 Å². The second-order valence-electron chi connectivity index (χ2n) is 3.97. The van der Waals surface area contributed by atoms with Gasteiger partial charge in [-0.1, -0.05) is 0 Å². The Morgan fingerprint density at radius 2 is 1.11 bits per heavy atom. The van der Waals surface area contributed by atoms with Crippen molar-refractivity contribution in [3.05, 3.63) is 0 Å². The maximum atomic E-state index is 13.1. The van der Waals surface area contributed by atoms with Crippen LogP contribution in [0.2, 0.25) is 13.1 Å². The molecular weight excluding hydrogens is 232 g/mol. The Labute approximate surface area is 58.3 Å². The van der Waals surface area contributed by atoms with Gasteiger partial charge in [-0.2, -0.15) is 0 Å². The molecule has 0 saturated carbocycles. The first kappa shape index (κ1) is 9.68. The molecule has 0 unspecified atom stereocenters. The van der Waals surface area contributed by atoms with E-state index < -0.39 is 21.9 Å². The van der Waals surface area contributed by atoms with Crippen LogP contribution in [-0.2, 0) is 0 Å². The third-order valence-electron chi connectivity index (χ3n) is 1.85. The van der Waals surface area contributed by atoms with Crippen LogP contribution in [0, 0.1) is 0 Å². The van der Waals surface area contributed by atoms with E-state index in [0.717, 1.165) is 9.74 Å². The molecule has 9 heavy (non-hydrogen) atoms. The minimum atomic E-state index is -5.05. The van der Waals surface area contributed by atoms with Crippen molar-refractivity contribution in [2.24, 2.45) is 0 Å². The summed E-state index contributed by atoms with van der Waals surface area (Å²) in [6, 6.07) is 0. The quantitative estimate of drug-likeness (QED) is 0.575. The van der Waals surface area contributed by atoms with E-state index >= 15 is 0 Å². The molecule has 0 rings (SSSR count). The summed E-state index contributed by atoms with van der Waals surface area (Å²) < 4.78 is 25.5. The van der Waals surface area contributed by atoms with E-state index in [1.165, 1.54) is 0 Å². The summed E-state index contributed by atoms with van der Waals surface area (Å²) in [6.45, 7) is 4.86. The Morgan fingerprint density at radius 1 is 1.00 bits per heavy atom. The average molecular weight is 247 g/mol. The summed E-state index contributed by atoms with van der Waals surface area (Å²) in [4.78, 5) is 2.32. The summed E-state index contributed by atoms with van der Waals surface area (Å²) in [5, 5.41) is 0. The Kier molecular flexibility index (Phi) is 1.98. The van der Waals surface area contributed by atoms with Gasteiger partial charge in [-0.05, 0) is 0 Å². The summed E-state index contributed by atoms with van der Waals surface area (Å²) in [7, 11) is 0. The van der Waals surface area contributed by atoms with Gasteiger partial charge in [-0.15, -0.1) is 0 Å². The zero-order valence-electron chi connectivity index (χ0n) is 6.70. The van der Waals surface area contributed by atoms with Crippen LogP contribution in [0.25, 0.3) is 0 Å². The summed E-state index contributed by atoms with van der Waals surface area (Å²) in [5.74, 6) is 0. The van der Waals surface area contributed by atoms with E-state index in [4.69, 9.17) is 0 Å². The van der Waals surface area contributed by atoms with Crippen molar-refractivity contribution in [2.45, 2.75) is 33.9 Å². The van der Waals surface area contributed by atoms with E-state index in [1.54, 1.807) is 20.8 Å². The average Bonchev–Trinajstić information content (AvgIpc) is 1.20. The van der Waals surface area contributed by atoms with E-state index in [1.807, 2.05) is 0 Å². The van der Waals surface area contributed by atoms with E-state index in [-0.39, 0.29) is 0 Å². The summed E-state index contributed by atoms with van der Waals surface area (Å²) in [5.41, 5.74) is 0. The van der Waals surface area contributed by atoms with E-state index in [2.05, 4.69) is 0 Å². The molecule has 0 aliphatic carbocycles. The Bertz CT molecular complexity index is 106. The van der Waals surface area contributed by atoms with Gasteiger partial charge < -0.3 is 0 Å². The van der Waals surface area contributed by atoms with Crippen LogP contribution < -0.4 is 0 Å². The molecule has 0 aromatic heterocycles. The molecule has 0 heterocycles. The summed E-state index contributed by atoms with van der Waals surface area (Å²) in [6.07, 6.45) is 0. The molecule has 0 atom stereocenters. The van der Waals surface area contributed by atoms with Gasteiger partial charge >= 0.3 is 58.1 Å². The molecule has 58 valence electrons. The van der Waals surface area contributed by atoms with Gasteiger partial charge in [0.05, 0.1) is 0 Å². The van der Waals surface area contributed by atoms with Gasteiger partial charge in [0.2, 0.25) is 0 Å². The second-order valence-corrected chi connectivity index (χ2v) is 18.1. The van der Waals surface area contributed by atoms with Crippen LogP contribution >= 0.6 is 0 Å². The minimum absolute atomic E-state index is 0.757. The first-order valence-electron chi connectivity index (χ1n) is 2.96. The number of halogens is 2. The summed E-state index contributed by atoms with van der Waals surface area (Å²) >= 11 is -5.05. The van der Waals surface area contributed by atoms with Crippen LogP contribution in [-0.4, -0.2) is 18.6 Å². The van der Waals surface area contributed by atoms with Crippen molar-refractivity contribution in [3.8, 4) is 0 Å². The molecule has 0 nitrogen and oxygen atoms in total. The van der Waals surface area contributed by atoms with Crippen molar-refractivity contribution in [2.75, 3.05) is 0 Å². The molecule has 0 aromatic rings. The van der Waals surface area contributed by atoms with Crippen LogP contribution in [0.4, 0.5) is 5.63 Å². The molecule has 0 saturated heterocycles. The number of rotatable bonds is 0. The van der Waals surface area contributed by atoms with Crippen molar-refractivity contribution in [3.63, 3.8) is 0 Å². The zero-order valence-corrected chi connectivity index (χ0v) is 9.26. The van der Waals surface area contributed by atoms with E-state index in [0.29, 0.717) is 0 Å².